The summed E-state index contributed by atoms with van der Waals surface area (Å²) in [6.45, 7) is 1.86. The van der Waals surface area contributed by atoms with Crippen molar-refractivity contribution < 1.29 is 9.90 Å². The molecule has 0 radical (unpaired) electrons. The zero-order valence-corrected chi connectivity index (χ0v) is 12.1. The van der Waals surface area contributed by atoms with Gasteiger partial charge in [-0.25, -0.2) is 0 Å². The van der Waals surface area contributed by atoms with Crippen LogP contribution in [-0.4, -0.2) is 24.2 Å². The van der Waals surface area contributed by atoms with E-state index in [1.54, 1.807) is 0 Å². The maximum atomic E-state index is 11.1. The molecule has 2 atom stereocenters. The van der Waals surface area contributed by atoms with Crippen LogP contribution in [0.3, 0.4) is 0 Å². The van der Waals surface area contributed by atoms with Gasteiger partial charge in [0.15, 0.2) is 0 Å². The molecule has 0 spiro atoms. The van der Waals surface area contributed by atoms with Gasteiger partial charge in [-0.1, -0.05) is 36.8 Å². The molecule has 0 saturated heterocycles. The van der Waals surface area contributed by atoms with E-state index in [2.05, 4.69) is 29.6 Å². The number of unbranched alkanes of at least 4 members (excludes halogenated alkanes) is 1. The number of carboxylic acid groups (broad SMARTS) is 1. The molecule has 2 rings (SSSR count). The lowest BCUT2D eigenvalue weighted by molar-refractivity contribution is -0.142. The molecule has 0 heterocycles. The molecule has 2 unspecified atom stereocenters. The first-order valence-corrected chi connectivity index (χ1v) is 7.75. The highest BCUT2D eigenvalue weighted by Crippen LogP contribution is 2.31. The molecule has 0 bridgehead atoms. The number of aliphatic carboxylic acids is 1. The topological polar surface area (TPSA) is 49.3 Å². The standard InChI is InChI=1S/C17H25NO2/c19-17(20)16-11-6-10-15(16)13-18-12-5-4-9-14-7-2-1-3-8-14/h1-3,7-8,15-16,18H,4-6,9-13H2,(H,19,20). The van der Waals surface area contributed by atoms with Crippen LogP contribution < -0.4 is 5.32 Å². The van der Waals surface area contributed by atoms with Crippen molar-refractivity contribution in [1.82, 2.24) is 5.32 Å². The Morgan fingerprint density at radius 2 is 2.00 bits per heavy atom. The second-order valence-electron chi connectivity index (χ2n) is 5.78. The van der Waals surface area contributed by atoms with E-state index in [1.807, 2.05) is 6.07 Å². The average molecular weight is 275 g/mol. The first kappa shape index (κ1) is 15.0. The van der Waals surface area contributed by atoms with Crippen LogP contribution in [-0.2, 0) is 11.2 Å². The van der Waals surface area contributed by atoms with E-state index >= 15 is 0 Å². The first-order valence-electron chi connectivity index (χ1n) is 7.75. The van der Waals surface area contributed by atoms with E-state index in [-0.39, 0.29) is 5.92 Å². The molecule has 20 heavy (non-hydrogen) atoms. The van der Waals surface area contributed by atoms with E-state index in [4.69, 9.17) is 5.11 Å². The van der Waals surface area contributed by atoms with E-state index in [0.29, 0.717) is 5.92 Å². The van der Waals surface area contributed by atoms with Crippen LogP contribution in [0.1, 0.15) is 37.7 Å². The van der Waals surface area contributed by atoms with Gasteiger partial charge in [0.1, 0.15) is 0 Å². The summed E-state index contributed by atoms with van der Waals surface area (Å²) in [5.74, 6) is -0.396. The third-order valence-electron chi connectivity index (χ3n) is 4.29. The average Bonchev–Trinajstić information content (AvgIpc) is 2.92. The Bertz CT molecular complexity index is 405. The molecule has 1 fully saturated rings. The number of aryl methyl sites for hydroxylation is 1. The molecule has 1 saturated carbocycles. The molecule has 1 aromatic carbocycles. The molecular formula is C17H25NO2. The molecule has 0 aliphatic heterocycles. The molecule has 3 nitrogen and oxygen atoms in total. The molecule has 1 aliphatic carbocycles. The van der Waals surface area contributed by atoms with Gasteiger partial charge >= 0.3 is 5.97 Å². The van der Waals surface area contributed by atoms with Crippen LogP contribution in [0.5, 0.6) is 0 Å². The molecule has 1 aliphatic rings. The zero-order valence-electron chi connectivity index (χ0n) is 12.1. The van der Waals surface area contributed by atoms with E-state index in [0.717, 1.165) is 45.2 Å². The normalized spacial score (nSPS) is 22.0. The fourth-order valence-electron chi connectivity index (χ4n) is 3.12. The number of benzene rings is 1. The summed E-state index contributed by atoms with van der Waals surface area (Å²) in [4.78, 5) is 11.1. The predicted molar refractivity (Wildman–Crippen MR) is 80.7 cm³/mol. The number of hydrogen-bond donors (Lipinski definition) is 2. The monoisotopic (exact) mass is 275 g/mol. The Morgan fingerprint density at radius 1 is 1.20 bits per heavy atom. The number of carbonyl (C=O) groups is 1. The minimum absolute atomic E-state index is 0.119. The molecular weight excluding hydrogens is 250 g/mol. The highest BCUT2D eigenvalue weighted by molar-refractivity contribution is 5.70. The first-order chi connectivity index (χ1) is 9.77. The smallest absolute Gasteiger partial charge is 0.306 e. The zero-order chi connectivity index (χ0) is 14.2. The molecule has 1 aromatic rings. The highest BCUT2D eigenvalue weighted by atomic mass is 16.4. The maximum absolute atomic E-state index is 11.1. The van der Waals surface area contributed by atoms with E-state index in [1.165, 1.54) is 12.0 Å². The van der Waals surface area contributed by atoms with E-state index < -0.39 is 5.97 Å². The van der Waals surface area contributed by atoms with Gasteiger partial charge in [0, 0.05) is 0 Å². The highest BCUT2D eigenvalue weighted by Gasteiger charge is 2.32. The number of rotatable bonds is 8. The number of nitrogens with one attached hydrogen (secondary N) is 1. The van der Waals surface area contributed by atoms with Crippen molar-refractivity contribution in [3.05, 3.63) is 35.9 Å². The second kappa shape index (κ2) is 8.05. The summed E-state index contributed by atoms with van der Waals surface area (Å²) in [7, 11) is 0. The summed E-state index contributed by atoms with van der Waals surface area (Å²) in [6, 6.07) is 10.6. The van der Waals surface area contributed by atoms with Crippen molar-refractivity contribution >= 4 is 5.97 Å². The van der Waals surface area contributed by atoms with Crippen molar-refractivity contribution in [3.63, 3.8) is 0 Å². The molecule has 0 amide bonds. The summed E-state index contributed by atoms with van der Waals surface area (Å²) in [6.07, 6.45) is 6.45. The lowest BCUT2D eigenvalue weighted by Crippen LogP contribution is -2.29. The summed E-state index contributed by atoms with van der Waals surface area (Å²) >= 11 is 0. The Balaban J connectivity index is 1.54. The minimum Gasteiger partial charge on any atom is -0.481 e. The van der Waals surface area contributed by atoms with Crippen molar-refractivity contribution in [2.45, 2.75) is 38.5 Å². The second-order valence-corrected chi connectivity index (χ2v) is 5.78. The summed E-state index contributed by atoms with van der Waals surface area (Å²) in [5, 5.41) is 12.6. The van der Waals surface area contributed by atoms with Gasteiger partial charge in [-0.3, -0.25) is 4.79 Å². The van der Waals surface area contributed by atoms with Gasteiger partial charge in [-0.2, -0.15) is 0 Å². The van der Waals surface area contributed by atoms with Crippen LogP contribution >= 0.6 is 0 Å². The van der Waals surface area contributed by atoms with Crippen molar-refractivity contribution in [2.24, 2.45) is 11.8 Å². The quantitative estimate of drug-likeness (QED) is 0.717. The summed E-state index contributed by atoms with van der Waals surface area (Å²) in [5.41, 5.74) is 1.40. The van der Waals surface area contributed by atoms with Gasteiger partial charge in [0.2, 0.25) is 0 Å². The van der Waals surface area contributed by atoms with Gasteiger partial charge < -0.3 is 10.4 Å². The SMILES string of the molecule is O=C(O)C1CCCC1CNCCCCc1ccccc1. The van der Waals surface area contributed by atoms with Gasteiger partial charge in [-0.05, 0) is 56.7 Å². The van der Waals surface area contributed by atoms with Crippen molar-refractivity contribution in [2.75, 3.05) is 13.1 Å². The Kier molecular flexibility index (Phi) is 6.06. The van der Waals surface area contributed by atoms with Gasteiger partial charge in [-0.15, -0.1) is 0 Å². The van der Waals surface area contributed by atoms with Gasteiger partial charge in [0.25, 0.3) is 0 Å². The van der Waals surface area contributed by atoms with Crippen LogP contribution in [0.4, 0.5) is 0 Å². The van der Waals surface area contributed by atoms with Crippen molar-refractivity contribution in [3.8, 4) is 0 Å². The lowest BCUT2D eigenvalue weighted by atomic mass is 9.96. The number of hydrogen-bond acceptors (Lipinski definition) is 2. The van der Waals surface area contributed by atoms with E-state index in [9.17, 15) is 4.79 Å². The van der Waals surface area contributed by atoms with Crippen LogP contribution in [0, 0.1) is 11.8 Å². The van der Waals surface area contributed by atoms with Crippen LogP contribution in [0.2, 0.25) is 0 Å². The third-order valence-corrected chi connectivity index (χ3v) is 4.29. The van der Waals surface area contributed by atoms with Gasteiger partial charge in [0.05, 0.1) is 5.92 Å². The third kappa shape index (κ3) is 4.64. The fourth-order valence-corrected chi connectivity index (χ4v) is 3.12. The molecule has 0 aromatic heterocycles. The van der Waals surface area contributed by atoms with Crippen molar-refractivity contribution in [1.29, 1.82) is 0 Å². The van der Waals surface area contributed by atoms with Crippen LogP contribution in [0.15, 0.2) is 30.3 Å². The Hall–Kier alpha value is -1.35. The maximum Gasteiger partial charge on any atom is 0.306 e. The fraction of sp³-hybridized carbons (Fsp3) is 0.588. The molecule has 3 heteroatoms. The summed E-state index contributed by atoms with van der Waals surface area (Å²) < 4.78 is 0. The lowest BCUT2D eigenvalue weighted by Gasteiger charge is -2.16. The minimum atomic E-state index is -0.613. The van der Waals surface area contributed by atoms with Crippen LogP contribution in [0.25, 0.3) is 0 Å². The Labute approximate surface area is 121 Å². The predicted octanol–water partition coefficient (Wildman–Crippen LogP) is 3.10. The Morgan fingerprint density at radius 3 is 2.75 bits per heavy atom. The molecule has 110 valence electrons. The molecule has 2 N–H and O–H groups in total. The number of carboxylic acids is 1. The largest absolute Gasteiger partial charge is 0.481 e.